The lowest BCUT2D eigenvalue weighted by Gasteiger charge is -2.43. The SMILES string of the molecule is CCC(CC)(CC)COCC(CC)(CC)CC(CC)(CC)CC. The van der Waals surface area contributed by atoms with Crippen molar-refractivity contribution in [3.8, 4) is 0 Å². The molecule has 0 amide bonds. The second kappa shape index (κ2) is 10.7. The molecule has 0 fully saturated rings. The van der Waals surface area contributed by atoms with Gasteiger partial charge < -0.3 is 4.74 Å². The fourth-order valence-electron chi connectivity index (χ4n) is 4.22. The Balaban J connectivity index is 4.97. The lowest BCUT2D eigenvalue weighted by Crippen LogP contribution is -2.36. The van der Waals surface area contributed by atoms with Gasteiger partial charge in [-0.25, -0.2) is 0 Å². The van der Waals surface area contributed by atoms with Crippen molar-refractivity contribution < 1.29 is 4.74 Å². The van der Waals surface area contributed by atoms with Crippen LogP contribution in [-0.2, 0) is 4.74 Å². The summed E-state index contributed by atoms with van der Waals surface area (Å²) in [4.78, 5) is 0. The monoisotopic (exact) mass is 326 g/mol. The summed E-state index contributed by atoms with van der Waals surface area (Å²) < 4.78 is 6.40. The standard InChI is InChI=1S/C22H46O/c1-9-20(10-2,11-3)17-22(15-7,16-8)19-23-18-21(12-4,13-5)14-6/h9-19H2,1-8H3. The van der Waals surface area contributed by atoms with Crippen molar-refractivity contribution in [2.45, 2.75) is 113 Å². The van der Waals surface area contributed by atoms with E-state index in [1.807, 2.05) is 0 Å². The third-order valence-corrected chi connectivity index (χ3v) is 7.57. The Bertz CT molecular complexity index is 266. The van der Waals surface area contributed by atoms with E-state index in [4.69, 9.17) is 4.74 Å². The highest BCUT2D eigenvalue weighted by Gasteiger charge is 2.37. The van der Waals surface area contributed by atoms with Crippen LogP contribution in [0.4, 0.5) is 0 Å². The molecule has 0 rings (SSSR count). The van der Waals surface area contributed by atoms with Gasteiger partial charge in [0.25, 0.3) is 0 Å². The minimum atomic E-state index is 0.364. The molecule has 140 valence electrons. The normalized spacial score (nSPS) is 13.6. The van der Waals surface area contributed by atoms with Crippen molar-refractivity contribution in [1.29, 1.82) is 0 Å². The zero-order valence-corrected chi connectivity index (χ0v) is 17.7. The quantitative estimate of drug-likeness (QED) is 0.319. The molecule has 1 heteroatoms. The van der Waals surface area contributed by atoms with Gasteiger partial charge in [0.05, 0.1) is 13.2 Å². The maximum Gasteiger partial charge on any atom is 0.0522 e. The highest BCUT2D eigenvalue weighted by molar-refractivity contribution is 4.87. The Kier molecular flexibility index (Phi) is 10.7. The first kappa shape index (κ1) is 23.0. The predicted molar refractivity (Wildman–Crippen MR) is 105 cm³/mol. The van der Waals surface area contributed by atoms with Crippen molar-refractivity contribution in [1.82, 2.24) is 0 Å². The van der Waals surface area contributed by atoms with Gasteiger partial charge in [0.2, 0.25) is 0 Å². The van der Waals surface area contributed by atoms with E-state index in [1.165, 1.54) is 57.8 Å². The van der Waals surface area contributed by atoms with Crippen LogP contribution in [0.5, 0.6) is 0 Å². The molecule has 0 unspecified atom stereocenters. The summed E-state index contributed by atoms with van der Waals surface area (Å²) >= 11 is 0. The highest BCUT2D eigenvalue weighted by atomic mass is 16.5. The molecule has 1 nitrogen and oxygen atoms in total. The summed E-state index contributed by atoms with van der Waals surface area (Å²) in [7, 11) is 0. The molecular weight excluding hydrogens is 280 g/mol. The van der Waals surface area contributed by atoms with Crippen LogP contribution in [0.3, 0.4) is 0 Å². The van der Waals surface area contributed by atoms with E-state index in [1.54, 1.807) is 0 Å². The fraction of sp³-hybridized carbons (Fsp3) is 1.00. The van der Waals surface area contributed by atoms with Crippen LogP contribution < -0.4 is 0 Å². The van der Waals surface area contributed by atoms with E-state index in [-0.39, 0.29) is 0 Å². The van der Waals surface area contributed by atoms with Crippen LogP contribution in [0, 0.1) is 16.2 Å². The van der Waals surface area contributed by atoms with Crippen LogP contribution in [0.2, 0.25) is 0 Å². The molecule has 0 aliphatic carbocycles. The predicted octanol–water partition coefficient (Wildman–Crippen LogP) is 7.63. The molecule has 0 heterocycles. The second-order valence-corrected chi connectivity index (χ2v) is 8.00. The van der Waals surface area contributed by atoms with Gasteiger partial charge >= 0.3 is 0 Å². The molecule has 0 N–H and O–H groups in total. The summed E-state index contributed by atoms with van der Waals surface area (Å²) in [5.74, 6) is 0. The average Bonchev–Trinajstić information content (AvgIpc) is 2.62. The minimum Gasteiger partial charge on any atom is -0.380 e. The molecule has 0 aliphatic heterocycles. The first-order valence-electron chi connectivity index (χ1n) is 10.5. The molecule has 0 bridgehead atoms. The molecule has 23 heavy (non-hydrogen) atoms. The van der Waals surface area contributed by atoms with Crippen LogP contribution in [0.15, 0.2) is 0 Å². The summed E-state index contributed by atoms with van der Waals surface area (Å²) in [6.07, 6.45) is 11.4. The second-order valence-electron chi connectivity index (χ2n) is 8.00. The van der Waals surface area contributed by atoms with E-state index >= 15 is 0 Å². The largest absolute Gasteiger partial charge is 0.380 e. The molecule has 0 atom stereocenters. The maximum atomic E-state index is 6.40. The van der Waals surface area contributed by atoms with Gasteiger partial charge in [-0.15, -0.1) is 0 Å². The third-order valence-electron chi connectivity index (χ3n) is 7.57. The summed E-state index contributed by atoms with van der Waals surface area (Å²) in [6.45, 7) is 20.7. The van der Waals surface area contributed by atoms with Gasteiger partial charge in [0.15, 0.2) is 0 Å². The van der Waals surface area contributed by atoms with Gasteiger partial charge in [0, 0.05) is 0 Å². The summed E-state index contributed by atoms with van der Waals surface area (Å²) in [5.41, 5.74) is 1.26. The molecule has 0 saturated heterocycles. The number of rotatable bonds is 14. The fourth-order valence-corrected chi connectivity index (χ4v) is 4.22. The Hall–Kier alpha value is -0.0400. The molecule has 0 aliphatic rings. The van der Waals surface area contributed by atoms with Crippen LogP contribution in [0.25, 0.3) is 0 Å². The maximum absolute atomic E-state index is 6.40. The average molecular weight is 327 g/mol. The van der Waals surface area contributed by atoms with E-state index < -0.39 is 0 Å². The number of ether oxygens (including phenoxy) is 1. The van der Waals surface area contributed by atoms with E-state index in [0.717, 1.165) is 13.2 Å². The van der Waals surface area contributed by atoms with Gasteiger partial charge in [0.1, 0.15) is 0 Å². The lowest BCUT2D eigenvalue weighted by atomic mass is 9.65. The van der Waals surface area contributed by atoms with E-state index in [0.29, 0.717) is 16.2 Å². The van der Waals surface area contributed by atoms with Gasteiger partial charge in [-0.2, -0.15) is 0 Å². The van der Waals surface area contributed by atoms with Crippen molar-refractivity contribution in [2.24, 2.45) is 16.2 Å². The topological polar surface area (TPSA) is 9.23 Å². The van der Waals surface area contributed by atoms with Crippen molar-refractivity contribution in [3.63, 3.8) is 0 Å². The Morgan fingerprint density at radius 1 is 0.435 bits per heavy atom. The Morgan fingerprint density at radius 3 is 1.04 bits per heavy atom. The number of hydrogen-bond donors (Lipinski definition) is 0. The van der Waals surface area contributed by atoms with Crippen LogP contribution >= 0.6 is 0 Å². The zero-order valence-electron chi connectivity index (χ0n) is 17.7. The first-order chi connectivity index (χ1) is 10.9. The smallest absolute Gasteiger partial charge is 0.0522 e. The molecule has 0 radical (unpaired) electrons. The Labute approximate surface area is 148 Å². The van der Waals surface area contributed by atoms with Crippen LogP contribution in [0.1, 0.15) is 113 Å². The summed E-state index contributed by atoms with van der Waals surface area (Å²) in [6, 6.07) is 0. The van der Waals surface area contributed by atoms with Gasteiger partial charge in [-0.1, -0.05) is 74.7 Å². The molecular formula is C22H46O. The first-order valence-corrected chi connectivity index (χ1v) is 10.5. The van der Waals surface area contributed by atoms with Gasteiger partial charge in [-0.3, -0.25) is 0 Å². The molecule has 0 spiro atoms. The Morgan fingerprint density at radius 2 is 0.739 bits per heavy atom. The molecule has 0 aromatic heterocycles. The third kappa shape index (κ3) is 6.07. The minimum absolute atomic E-state index is 0.364. The van der Waals surface area contributed by atoms with Crippen molar-refractivity contribution in [2.75, 3.05) is 13.2 Å². The van der Waals surface area contributed by atoms with Crippen LogP contribution in [-0.4, -0.2) is 13.2 Å². The van der Waals surface area contributed by atoms with E-state index in [9.17, 15) is 0 Å². The highest BCUT2D eigenvalue weighted by Crippen LogP contribution is 2.46. The lowest BCUT2D eigenvalue weighted by molar-refractivity contribution is -0.0376. The number of hydrogen-bond acceptors (Lipinski definition) is 1. The van der Waals surface area contributed by atoms with E-state index in [2.05, 4.69) is 55.4 Å². The summed E-state index contributed by atoms with van der Waals surface area (Å²) in [5, 5.41) is 0. The molecule has 0 aromatic carbocycles. The zero-order chi connectivity index (χ0) is 18.0. The van der Waals surface area contributed by atoms with Crippen molar-refractivity contribution in [3.05, 3.63) is 0 Å². The van der Waals surface area contributed by atoms with Gasteiger partial charge in [-0.05, 0) is 54.8 Å². The molecule has 0 aromatic rings. The van der Waals surface area contributed by atoms with Crippen molar-refractivity contribution >= 4 is 0 Å². The molecule has 0 saturated carbocycles.